The fourth-order valence-corrected chi connectivity index (χ4v) is 4.13. The molecule has 146 valence electrons. The molecule has 5 rings (SSSR count). The van der Waals surface area contributed by atoms with Crippen molar-refractivity contribution in [2.24, 2.45) is 0 Å². The number of fused-ring (bicyclic) bond motifs is 3. The van der Waals surface area contributed by atoms with E-state index < -0.39 is 0 Å². The number of pyridine rings is 1. The summed E-state index contributed by atoms with van der Waals surface area (Å²) in [6.45, 7) is 2.88. The third-order valence-corrected chi connectivity index (χ3v) is 5.77. The summed E-state index contributed by atoms with van der Waals surface area (Å²) in [6.07, 6.45) is 3.73. The van der Waals surface area contributed by atoms with Crippen molar-refractivity contribution < 1.29 is 9.21 Å². The maximum Gasteiger partial charge on any atom is 0.227 e. The van der Waals surface area contributed by atoms with E-state index in [2.05, 4.69) is 28.1 Å². The lowest BCUT2D eigenvalue weighted by molar-refractivity contribution is -0.130. The van der Waals surface area contributed by atoms with Gasteiger partial charge in [0.2, 0.25) is 5.91 Å². The number of aromatic nitrogens is 1. The number of hydrogen-bond donors (Lipinski definition) is 0. The summed E-state index contributed by atoms with van der Waals surface area (Å²) in [6, 6.07) is 16.0. The molecule has 1 aliphatic rings. The molecule has 1 amide bonds. The third kappa shape index (κ3) is 3.42. The van der Waals surface area contributed by atoms with E-state index in [4.69, 9.17) is 16.0 Å². The van der Waals surface area contributed by atoms with Gasteiger partial charge >= 0.3 is 0 Å². The summed E-state index contributed by atoms with van der Waals surface area (Å²) < 4.78 is 5.73. The average Bonchev–Trinajstić information content (AvgIpc) is 3.18. The minimum Gasteiger partial charge on any atom is -0.464 e. The molecule has 4 aromatic rings. The molecular weight excluding hydrogens is 386 g/mol. The molecular formula is C23H20ClN3O2. The Balaban J connectivity index is 1.31. The summed E-state index contributed by atoms with van der Waals surface area (Å²) in [5, 5.41) is 3.95. The van der Waals surface area contributed by atoms with Gasteiger partial charge in [-0.3, -0.25) is 4.79 Å². The molecule has 1 aliphatic heterocycles. The zero-order valence-corrected chi connectivity index (χ0v) is 16.6. The number of benzene rings is 2. The SMILES string of the molecule is O=C(Cc1coc2ccc3ccccc3c12)N1CCN(c2ccc(Cl)cn2)CC1. The normalized spacial score (nSPS) is 14.7. The maximum atomic E-state index is 13.0. The molecule has 0 saturated carbocycles. The molecule has 5 nitrogen and oxygen atoms in total. The second-order valence-corrected chi connectivity index (χ2v) is 7.74. The smallest absolute Gasteiger partial charge is 0.227 e. The quantitative estimate of drug-likeness (QED) is 0.502. The van der Waals surface area contributed by atoms with Crippen LogP contribution in [0.2, 0.25) is 5.02 Å². The monoisotopic (exact) mass is 405 g/mol. The van der Waals surface area contributed by atoms with E-state index >= 15 is 0 Å². The van der Waals surface area contributed by atoms with Crippen LogP contribution in [0.15, 0.2) is 65.4 Å². The highest BCUT2D eigenvalue weighted by Gasteiger charge is 2.23. The summed E-state index contributed by atoms with van der Waals surface area (Å²) in [7, 11) is 0. The first kappa shape index (κ1) is 18.0. The van der Waals surface area contributed by atoms with Gasteiger partial charge in [0.05, 0.1) is 17.7 Å². The molecule has 1 saturated heterocycles. The second-order valence-electron chi connectivity index (χ2n) is 7.30. The average molecular weight is 406 g/mol. The number of amides is 1. The van der Waals surface area contributed by atoms with Crippen LogP contribution in [0.5, 0.6) is 0 Å². The predicted molar refractivity (Wildman–Crippen MR) is 115 cm³/mol. The summed E-state index contributed by atoms with van der Waals surface area (Å²) in [4.78, 5) is 21.4. The van der Waals surface area contributed by atoms with Crippen LogP contribution in [0.25, 0.3) is 21.7 Å². The van der Waals surface area contributed by atoms with Gasteiger partial charge < -0.3 is 14.2 Å². The molecule has 2 aromatic carbocycles. The van der Waals surface area contributed by atoms with Crippen molar-refractivity contribution in [1.82, 2.24) is 9.88 Å². The molecule has 6 heteroatoms. The lowest BCUT2D eigenvalue weighted by atomic mass is 10.0. The zero-order valence-electron chi connectivity index (χ0n) is 15.8. The molecule has 0 spiro atoms. The number of carbonyl (C=O) groups excluding carboxylic acids is 1. The van der Waals surface area contributed by atoms with Gasteiger partial charge in [0.25, 0.3) is 0 Å². The van der Waals surface area contributed by atoms with Crippen LogP contribution in [0.1, 0.15) is 5.56 Å². The highest BCUT2D eigenvalue weighted by atomic mass is 35.5. The van der Waals surface area contributed by atoms with Gasteiger partial charge in [0.15, 0.2) is 0 Å². The van der Waals surface area contributed by atoms with Crippen molar-refractivity contribution in [3.63, 3.8) is 0 Å². The maximum absolute atomic E-state index is 13.0. The Morgan fingerprint density at radius 1 is 1.03 bits per heavy atom. The number of furan rings is 1. The van der Waals surface area contributed by atoms with E-state index in [0.29, 0.717) is 24.5 Å². The van der Waals surface area contributed by atoms with Crippen molar-refractivity contribution in [3.05, 3.63) is 71.6 Å². The standard InChI is InChI=1S/C23H20ClN3O2/c24-18-6-8-21(25-14-18)26-9-11-27(12-10-26)22(28)13-17-15-29-20-7-5-16-3-1-2-4-19(16)23(17)20/h1-8,14-15H,9-13H2. The summed E-state index contributed by atoms with van der Waals surface area (Å²) >= 11 is 5.92. The van der Waals surface area contributed by atoms with E-state index in [-0.39, 0.29) is 5.91 Å². The first-order chi connectivity index (χ1) is 14.2. The highest BCUT2D eigenvalue weighted by Crippen LogP contribution is 2.30. The molecule has 0 atom stereocenters. The lowest BCUT2D eigenvalue weighted by Gasteiger charge is -2.35. The highest BCUT2D eigenvalue weighted by molar-refractivity contribution is 6.30. The Morgan fingerprint density at radius 2 is 1.86 bits per heavy atom. The summed E-state index contributed by atoms with van der Waals surface area (Å²) in [5.41, 5.74) is 1.77. The minimum atomic E-state index is 0.129. The van der Waals surface area contributed by atoms with Crippen LogP contribution in [0.3, 0.4) is 0 Å². The molecule has 1 fully saturated rings. The second kappa shape index (κ2) is 7.41. The predicted octanol–water partition coefficient (Wildman–Crippen LogP) is 4.53. The fourth-order valence-electron chi connectivity index (χ4n) is 4.02. The Kier molecular flexibility index (Phi) is 4.60. The van der Waals surface area contributed by atoms with Crippen LogP contribution in [0.4, 0.5) is 5.82 Å². The lowest BCUT2D eigenvalue weighted by Crippen LogP contribution is -2.49. The fraction of sp³-hybridized carbons (Fsp3) is 0.217. The Hall–Kier alpha value is -3.05. The van der Waals surface area contributed by atoms with Crippen molar-refractivity contribution in [1.29, 1.82) is 0 Å². The van der Waals surface area contributed by atoms with Gasteiger partial charge in [0.1, 0.15) is 11.4 Å². The Bertz CT molecular complexity index is 1180. The molecule has 0 aliphatic carbocycles. The molecule has 29 heavy (non-hydrogen) atoms. The molecule has 3 heterocycles. The first-order valence-electron chi connectivity index (χ1n) is 9.71. The van der Waals surface area contributed by atoms with E-state index in [1.807, 2.05) is 35.2 Å². The van der Waals surface area contributed by atoms with E-state index in [1.165, 1.54) is 0 Å². The minimum absolute atomic E-state index is 0.129. The molecule has 0 N–H and O–H groups in total. The van der Waals surface area contributed by atoms with E-state index in [9.17, 15) is 4.79 Å². The number of rotatable bonds is 3. The number of hydrogen-bond acceptors (Lipinski definition) is 4. The van der Waals surface area contributed by atoms with Gasteiger partial charge in [0, 0.05) is 43.3 Å². The molecule has 0 radical (unpaired) electrons. The van der Waals surface area contributed by atoms with Crippen LogP contribution < -0.4 is 4.90 Å². The van der Waals surface area contributed by atoms with Crippen LogP contribution >= 0.6 is 11.6 Å². The van der Waals surface area contributed by atoms with Crippen molar-refractivity contribution in [2.45, 2.75) is 6.42 Å². The van der Waals surface area contributed by atoms with Gasteiger partial charge in [-0.2, -0.15) is 0 Å². The Labute approximate surface area is 173 Å². The van der Waals surface area contributed by atoms with E-state index in [0.717, 1.165) is 46.2 Å². The zero-order chi connectivity index (χ0) is 19.8. The molecule has 2 aromatic heterocycles. The van der Waals surface area contributed by atoms with Gasteiger partial charge in [-0.25, -0.2) is 4.98 Å². The van der Waals surface area contributed by atoms with Crippen LogP contribution in [-0.2, 0) is 11.2 Å². The third-order valence-electron chi connectivity index (χ3n) is 5.55. The molecule has 0 unspecified atom stereocenters. The van der Waals surface area contributed by atoms with Crippen molar-refractivity contribution in [3.8, 4) is 0 Å². The van der Waals surface area contributed by atoms with Gasteiger partial charge in [-0.05, 0) is 29.0 Å². The topological polar surface area (TPSA) is 49.6 Å². The number of anilines is 1. The van der Waals surface area contributed by atoms with Gasteiger partial charge in [-0.15, -0.1) is 0 Å². The van der Waals surface area contributed by atoms with Crippen LogP contribution in [-0.4, -0.2) is 42.0 Å². The molecule has 0 bridgehead atoms. The largest absolute Gasteiger partial charge is 0.464 e. The Morgan fingerprint density at radius 3 is 2.66 bits per heavy atom. The number of carbonyl (C=O) groups is 1. The van der Waals surface area contributed by atoms with Crippen molar-refractivity contribution >= 4 is 45.1 Å². The number of halogens is 1. The van der Waals surface area contributed by atoms with E-state index in [1.54, 1.807) is 12.5 Å². The van der Waals surface area contributed by atoms with Gasteiger partial charge in [-0.1, -0.05) is 41.9 Å². The van der Waals surface area contributed by atoms with Crippen LogP contribution in [0, 0.1) is 0 Å². The first-order valence-corrected chi connectivity index (χ1v) is 10.1. The summed E-state index contributed by atoms with van der Waals surface area (Å²) in [5.74, 6) is 1.03. The number of piperazine rings is 1. The van der Waals surface area contributed by atoms with Crippen molar-refractivity contribution in [2.75, 3.05) is 31.1 Å². The number of nitrogens with zero attached hydrogens (tertiary/aromatic N) is 3.